The minimum absolute atomic E-state index is 0.0546. The maximum atomic E-state index is 13.1. The number of rotatable bonds is 5. The van der Waals surface area contributed by atoms with Crippen LogP contribution in [-0.2, 0) is 5.54 Å². The van der Waals surface area contributed by atoms with E-state index in [4.69, 9.17) is 11.6 Å². The monoisotopic (exact) mass is 481 g/mol. The zero-order valence-corrected chi connectivity index (χ0v) is 21.3. The number of amides is 2. The topological polar surface area (TPSA) is 52.7 Å². The van der Waals surface area contributed by atoms with E-state index in [2.05, 4.69) is 17.1 Å². The average Bonchev–Trinajstić information content (AvgIpc) is 2.84. The molecule has 4 rings (SSSR count). The summed E-state index contributed by atoms with van der Waals surface area (Å²) in [6, 6.07) is 15.1. The van der Waals surface area contributed by atoms with Crippen LogP contribution in [-0.4, -0.2) is 53.8 Å². The number of benzene rings is 2. The quantitative estimate of drug-likeness (QED) is 0.627. The molecule has 2 aromatic carbocycles. The van der Waals surface area contributed by atoms with Crippen molar-refractivity contribution in [1.29, 1.82) is 0 Å². The smallest absolute Gasteiger partial charge is 0.253 e. The Morgan fingerprint density at radius 1 is 0.912 bits per heavy atom. The molecule has 6 heteroatoms. The van der Waals surface area contributed by atoms with Gasteiger partial charge in [0.05, 0.1) is 5.54 Å². The number of likely N-dealkylation sites (tertiary alicyclic amines) is 2. The molecule has 5 nitrogen and oxygen atoms in total. The first-order valence-electron chi connectivity index (χ1n) is 12.4. The molecule has 2 heterocycles. The number of halogens is 1. The van der Waals surface area contributed by atoms with Crippen molar-refractivity contribution in [3.05, 3.63) is 70.2 Å². The molecule has 2 fully saturated rings. The second kappa shape index (κ2) is 10.5. The van der Waals surface area contributed by atoms with Gasteiger partial charge in [-0.2, -0.15) is 0 Å². The summed E-state index contributed by atoms with van der Waals surface area (Å²) in [5, 5.41) is 3.74. The van der Waals surface area contributed by atoms with E-state index >= 15 is 0 Å². The van der Waals surface area contributed by atoms with Crippen molar-refractivity contribution >= 4 is 23.4 Å². The van der Waals surface area contributed by atoms with E-state index in [0.29, 0.717) is 22.2 Å². The number of nitrogens with one attached hydrogen (secondary N) is 1. The lowest BCUT2D eigenvalue weighted by atomic mass is 9.94. The lowest BCUT2D eigenvalue weighted by Gasteiger charge is -2.41. The van der Waals surface area contributed by atoms with Gasteiger partial charge in [0.25, 0.3) is 11.8 Å². The molecule has 2 amide bonds. The molecule has 2 aliphatic rings. The highest BCUT2D eigenvalue weighted by atomic mass is 35.5. The van der Waals surface area contributed by atoms with Gasteiger partial charge in [0.1, 0.15) is 0 Å². The third-order valence-electron chi connectivity index (χ3n) is 7.34. The molecule has 2 aromatic rings. The number of carbonyl (C=O) groups excluding carboxylic acids is 2. The Bertz CT molecular complexity index is 995. The van der Waals surface area contributed by atoms with E-state index in [9.17, 15) is 9.59 Å². The Hall–Kier alpha value is -2.37. The van der Waals surface area contributed by atoms with Crippen molar-refractivity contribution in [3.8, 4) is 0 Å². The van der Waals surface area contributed by atoms with Crippen LogP contribution in [0.5, 0.6) is 0 Å². The molecule has 2 saturated heterocycles. The summed E-state index contributed by atoms with van der Waals surface area (Å²) < 4.78 is 0. The Labute approximate surface area is 208 Å². The minimum Gasteiger partial charge on any atom is -0.343 e. The molecule has 1 unspecified atom stereocenters. The molecule has 0 aliphatic carbocycles. The van der Waals surface area contributed by atoms with Crippen LogP contribution in [0.1, 0.15) is 72.7 Å². The van der Waals surface area contributed by atoms with Gasteiger partial charge in [-0.25, -0.2) is 0 Å². The zero-order valence-electron chi connectivity index (χ0n) is 20.5. The second-order valence-corrected chi connectivity index (χ2v) is 10.9. The number of nitrogens with zero attached hydrogens (tertiary/aromatic N) is 2. The van der Waals surface area contributed by atoms with E-state index in [1.165, 1.54) is 25.9 Å². The fourth-order valence-corrected chi connectivity index (χ4v) is 5.36. The molecule has 1 atom stereocenters. The van der Waals surface area contributed by atoms with Crippen LogP contribution in [0, 0.1) is 5.92 Å². The highest BCUT2D eigenvalue weighted by Crippen LogP contribution is 2.25. The van der Waals surface area contributed by atoms with Crippen LogP contribution in [0.4, 0.5) is 0 Å². The van der Waals surface area contributed by atoms with Gasteiger partial charge in [0, 0.05) is 41.8 Å². The van der Waals surface area contributed by atoms with Crippen molar-refractivity contribution in [3.63, 3.8) is 0 Å². The molecular formula is C28H36ClN3O2. The van der Waals surface area contributed by atoms with Crippen molar-refractivity contribution in [2.75, 3.05) is 26.2 Å². The predicted molar refractivity (Wildman–Crippen MR) is 137 cm³/mol. The molecule has 2 aliphatic heterocycles. The lowest BCUT2D eigenvalue weighted by Crippen LogP contribution is -2.49. The van der Waals surface area contributed by atoms with Gasteiger partial charge in [0.15, 0.2) is 0 Å². The normalized spacial score (nSPS) is 20.2. The van der Waals surface area contributed by atoms with E-state index in [0.717, 1.165) is 37.4 Å². The SMILES string of the molecule is CC1CCCN(C2CCN(C(=O)c3ccc(C(=O)NC(C)(C)c4ccc(Cl)cc4)cc3)CC2)C1. The first kappa shape index (κ1) is 24.7. The molecule has 182 valence electrons. The number of hydrogen-bond acceptors (Lipinski definition) is 3. The van der Waals surface area contributed by atoms with E-state index in [1.54, 1.807) is 24.3 Å². The maximum absolute atomic E-state index is 13.1. The van der Waals surface area contributed by atoms with Gasteiger partial charge >= 0.3 is 0 Å². The summed E-state index contributed by atoms with van der Waals surface area (Å²) in [6.45, 7) is 10.2. The molecule has 0 spiro atoms. The van der Waals surface area contributed by atoms with Crippen molar-refractivity contribution in [2.45, 2.75) is 58.0 Å². The Kier molecular flexibility index (Phi) is 7.63. The lowest BCUT2D eigenvalue weighted by molar-refractivity contribution is 0.0541. The third-order valence-corrected chi connectivity index (χ3v) is 7.59. The molecule has 0 bridgehead atoms. The highest BCUT2D eigenvalue weighted by Gasteiger charge is 2.30. The number of carbonyl (C=O) groups is 2. The van der Waals surface area contributed by atoms with Crippen LogP contribution in [0.3, 0.4) is 0 Å². The van der Waals surface area contributed by atoms with E-state index in [-0.39, 0.29) is 11.8 Å². The highest BCUT2D eigenvalue weighted by molar-refractivity contribution is 6.30. The molecule has 1 N–H and O–H groups in total. The Morgan fingerprint density at radius 3 is 2.15 bits per heavy atom. The van der Waals surface area contributed by atoms with Gasteiger partial charge in [-0.3, -0.25) is 14.5 Å². The summed E-state index contributed by atoms with van der Waals surface area (Å²) in [4.78, 5) is 30.5. The van der Waals surface area contributed by atoms with Crippen LogP contribution in [0.25, 0.3) is 0 Å². The number of piperidine rings is 2. The van der Waals surface area contributed by atoms with E-state index < -0.39 is 5.54 Å². The van der Waals surface area contributed by atoms with Crippen LogP contribution in [0.2, 0.25) is 5.02 Å². The van der Waals surface area contributed by atoms with Crippen LogP contribution in [0.15, 0.2) is 48.5 Å². The number of hydrogen-bond donors (Lipinski definition) is 1. The van der Waals surface area contributed by atoms with E-state index in [1.807, 2.05) is 43.0 Å². The summed E-state index contributed by atoms with van der Waals surface area (Å²) in [5.41, 5.74) is 1.60. The molecule has 0 saturated carbocycles. The van der Waals surface area contributed by atoms with Gasteiger partial charge < -0.3 is 10.2 Å². The molecule has 34 heavy (non-hydrogen) atoms. The Morgan fingerprint density at radius 2 is 1.53 bits per heavy atom. The fraction of sp³-hybridized carbons (Fsp3) is 0.500. The van der Waals surface area contributed by atoms with Gasteiger partial charge in [0.2, 0.25) is 0 Å². The summed E-state index contributed by atoms with van der Waals surface area (Å²) in [6.07, 6.45) is 4.70. The minimum atomic E-state index is -0.549. The Balaban J connectivity index is 1.32. The average molecular weight is 482 g/mol. The van der Waals surface area contributed by atoms with Gasteiger partial charge in [-0.15, -0.1) is 0 Å². The predicted octanol–water partition coefficient (Wildman–Crippen LogP) is 5.34. The first-order valence-corrected chi connectivity index (χ1v) is 12.8. The van der Waals surface area contributed by atoms with Crippen LogP contribution >= 0.6 is 11.6 Å². The fourth-order valence-electron chi connectivity index (χ4n) is 5.23. The van der Waals surface area contributed by atoms with Crippen LogP contribution < -0.4 is 5.32 Å². The summed E-state index contributed by atoms with van der Waals surface area (Å²) in [7, 11) is 0. The van der Waals surface area contributed by atoms with Crippen molar-refractivity contribution in [1.82, 2.24) is 15.1 Å². The molecular weight excluding hydrogens is 446 g/mol. The largest absolute Gasteiger partial charge is 0.343 e. The second-order valence-electron chi connectivity index (χ2n) is 10.4. The molecule has 0 radical (unpaired) electrons. The maximum Gasteiger partial charge on any atom is 0.253 e. The summed E-state index contributed by atoms with van der Waals surface area (Å²) >= 11 is 5.99. The van der Waals surface area contributed by atoms with Crippen molar-refractivity contribution < 1.29 is 9.59 Å². The zero-order chi connectivity index (χ0) is 24.3. The summed E-state index contributed by atoms with van der Waals surface area (Å²) in [5.74, 6) is 0.662. The standard InChI is InChI=1S/C28H36ClN3O2/c1-20-5-4-16-32(19-20)25-14-17-31(18-15-25)27(34)22-8-6-21(7-9-22)26(33)30-28(2,3)23-10-12-24(29)13-11-23/h6-13,20,25H,4-5,14-19H2,1-3H3,(H,30,33). The first-order chi connectivity index (χ1) is 16.2. The third kappa shape index (κ3) is 5.81. The molecule has 0 aromatic heterocycles. The van der Waals surface area contributed by atoms with Crippen molar-refractivity contribution in [2.24, 2.45) is 5.92 Å². The van der Waals surface area contributed by atoms with Gasteiger partial charge in [-0.05, 0) is 94.0 Å². The van der Waals surface area contributed by atoms with Gasteiger partial charge in [-0.1, -0.05) is 30.7 Å².